The third-order valence-corrected chi connectivity index (χ3v) is 2.09. The van der Waals surface area contributed by atoms with Crippen LogP contribution in [0, 0.1) is 0 Å². The molecule has 0 spiro atoms. The molecule has 0 aliphatic heterocycles. The van der Waals surface area contributed by atoms with Gasteiger partial charge in [-0.25, -0.2) is 0 Å². The average Bonchev–Trinajstić information content (AvgIpc) is 2.45. The first-order valence-corrected chi connectivity index (χ1v) is 4.16. The van der Waals surface area contributed by atoms with Gasteiger partial charge < -0.3 is 4.57 Å². The van der Waals surface area contributed by atoms with Crippen molar-refractivity contribution in [2.45, 2.75) is 13.3 Å². The Morgan fingerprint density at radius 3 is 2.83 bits per heavy atom. The van der Waals surface area contributed by atoms with Gasteiger partial charge in [0, 0.05) is 13.2 Å². The number of hydrogen-bond donors (Lipinski definition) is 0. The van der Waals surface area contributed by atoms with E-state index in [1.165, 1.54) is 11.3 Å². The number of nitrogens with zero attached hydrogens (tertiary/aromatic N) is 1. The molecule has 1 heteroatoms. The molecule has 1 nitrogen and oxygen atoms in total. The molecule has 0 unspecified atom stereocenters. The van der Waals surface area contributed by atoms with Crippen LogP contribution in [-0.4, -0.2) is 4.57 Å². The van der Waals surface area contributed by atoms with E-state index in [9.17, 15) is 0 Å². The van der Waals surface area contributed by atoms with Gasteiger partial charge in [0.2, 0.25) is 0 Å². The fraction of sp³-hybridized carbons (Fsp3) is 0.273. The van der Waals surface area contributed by atoms with E-state index in [1.807, 2.05) is 19.3 Å². The molecular weight excluding hydrogens is 146 g/mol. The predicted octanol–water partition coefficient (Wildman–Crippen LogP) is 3.09. The van der Waals surface area contributed by atoms with Gasteiger partial charge in [0.15, 0.2) is 0 Å². The number of aryl methyl sites for hydroxylation is 1. The molecule has 0 saturated heterocycles. The molecule has 0 aliphatic carbocycles. The molecule has 0 N–H and O–H groups in total. The summed E-state index contributed by atoms with van der Waals surface area (Å²) in [6.07, 6.45) is 4.89. The van der Waals surface area contributed by atoms with Crippen LogP contribution in [0.4, 0.5) is 0 Å². The smallest absolute Gasteiger partial charge is 0.0503 e. The van der Waals surface area contributed by atoms with Crippen molar-refractivity contribution in [3.63, 3.8) is 0 Å². The van der Waals surface area contributed by atoms with Gasteiger partial charge in [-0.3, -0.25) is 0 Å². The van der Waals surface area contributed by atoms with Crippen LogP contribution in [0.2, 0.25) is 0 Å². The van der Waals surface area contributed by atoms with E-state index in [0.717, 1.165) is 12.0 Å². The lowest BCUT2D eigenvalue weighted by molar-refractivity contribution is 0.900. The summed E-state index contributed by atoms with van der Waals surface area (Å²) in [5.74, 6) is 0. The first kappa shape index (κ1) is 8.85. The lowest BCUT2D eigenvalue weighted by Gasteiger charge is -2.06. The molecule has 1 rings (SSSR count). The van der Waals surface area contributed by atoms with Crippen LogP contribution in [0.1, 0.15) is 24.6 Å². The second kappa shape index (κ2) is 3.44. The maximum Gasteiger partial charge on any atom is 0.0503 e. The van der Waals surface area contributed by atoms with Gasteiger partial charge >= 0.3 is 0 Å². The van der Waals surface area contributed by atoms with Gasteiger partial charge in [-0.15, -0.1) is 0 Å². The van der Waals surface area contributed by atoms with Gasteiger partial charge in [-0.2, -0.15) is 0 Å². The third-order valence-electron chi connectivity index (χ3n) is 2.09. The summed E-state index contributed by atoms with van der Waals surface area (Å²) >= 11 is 0. The third kappa shape index (κ3) is 1.35. The lowest BCUT2D eigenvalue weighted by atomic mass is 10.1. The zero-order valence-electron chi connectivity index (χ0n) is 7.80. The highest BCUT2D eigenvalue weighted by atomic mass is 14.9. The zero-order valence-corrected chi connectivity index (χ0v) is 7.80. The summed E-state index contributed by atoms with van der Waals surface area (Å²) in [6.45, 7) is 9.90. The predicted molar refractivity (Wildman–Crippen MR) is 54.8 cm³/mol. The zero-order chi connectivity index (χ0) is 9.14. The van der Waals surface area contributed by atoms with Crippen molar-refractivity contribution in [3.8, 4) is 0 Å². The Morgan fingerprint density at radius 2 is 2.33 bits per heavy atom. The molecule has 0 atom stereocenters. The van der Waals surface area contributed by atoms with Crippen molar-refractivity contribution >= 4 is 11.6 Å². The summed E-state index contributed by atoms with van der Waals surface area (Å²) in [7, 11) is 2.03. The largest absolute Gasteiger partial charge is 0.350 e. The van der Waals surface area contributed by atoms with Crippen molar-refractivity contribution in [1.82, 2.24) is 4.57 Å². The minimum absolute atomic E-state index is 0.985. The number of hydrogen-bond acceptors (Lipinski definition) is 0. The van der Waals surface area contributed by atoms with E-state index in [0.29, 0.717) is 0 Å². The molecule has 0 aromatic carbocycles. The van der Waals surface area contributed by atoms with Gasteiger partial charge in [0.25, 0.3) is 0 Å². The quantitative estimate of drug-likeness (QED) is 0.642. The molecule has 0 radical (unpaired) electrons. The van der Waals surface area contributed by atoms with E-state index in [1.54, 1.807) is 0 Å². The molecule has 0 aliphatic rings. The van der Waals surface area contributed by atoms with E-state index in [4.69, 9.17) is 0 Å². The van der Waals surface area contributed by atoms with Crippen molar-refractivity contribution in [2.75, 3.05) is 0 Å². The average molecular weight is 161 g/mol. The number of aromatic nitrogens is 1. The summed E-state index contributed by atoms with van der Waals surface area (Å²) in [4.78, 5) is 0. The van der Waals surface area contributed by atoms with E-state index in [-0.39, 0.29) is 0 Å². The Morgan fingerprint density at radius 1 is 1.67 bits per heavy atom. The minimum atomic E-state index is 0.985. The van der Waals surface area contributed by atoms with E-state index < -0.39 is 0 Å². The lowest BCUT2D eigenvalue weighted by Crippen LogP contribution is -1.94. The first-order valence-electron chi connectivity index (χ1n) is 4.16. The first-order chi connectivity index (χ1) is 5.70. The molecule has 1 aromatic rings. The van der Waals surface area contributed by atoms with E-state index >= 15 is 0 Å². The molecular formula is C11H15N. The number of rotatable bonds is 3. The normalized spacial score (nSPS) is 9.83. The molecule has 0 saturated carbocycles. The van der Waals surface area contributed by atoms with Crippen molar-refractivity contribution in [2.24, 2.45) is 7.05 Å². The SMILES string of the molecule is C=Cc1ccn(C)c1C(=C)CC. The van der Waals surface area contributed by atoms with Crippen molar-refractivity contribution < 1.29 is 0 Å². The number of allylic oxidation sites excluding steroid dienone is 1. The fourth-order valence-electron chi connectivity index (χ4n) is 1.33. The van der Waals surface area contributed by atoms with Crippen molar-refractivity contribution in [1.29, 1.82) is 0 Å². The summed E-state index contributed by atoms with van der Waals surface area (Å²) < 4.78 is 2.09. The van der Waals surface area contributed by atoms with Crippen LogP contribution in [0.3, 0.4) is 0 Å². The Balaban J connectivity index is 3.18. The Bertz CT molecular complexity index is 305. The minimum Gasteiger partial charge on any atom is -0.350 e. The molecule has 0 fully saturated rings. The maximum absolute atomic E-state index is 4.02. The Kier molecular flexibility index (Phi) is 2.54. The summed E-state index contributed by atoms with van der Waals surface area (Å²) in [5.41, 5.74) is 3.54. The highest BCUT2D eigenvalue weighted by molar-refractivity contribution is 5.70. The van der Waals surface area contributed by atoms with Crippen LogP contribution >= 0.6 is 0 Å². The van der Waals surface area contributed by atoms with Gasteiger partial charge in [-0.05, 0) is 23.6 Å². The van der Waals surface area contributed by atoms with Crippen LogP contribution in [0.5, 0.6) is 0 Å². The maximum atomic E-state index is 4.02. The topological polar surface area (TPSA) is 4.93 Å². The Labute approximate surface area is 74.0 Å². The van der Waals surface area contributed by atoms with Crippen LogP contribution in [0.15, 0.2) is 25.4 Å². The van der Waals surface area contributed by atoms with Gasteiger partial charge in [0.1, 0.15) is 0 Å². The molecule has 64 valence electrons. The molecule has 12 heavy (non-hydrogen) atoms. The van der Waals surface area contributed by atoms with Gasteiger partial charge in [0.05, 0.1) is 5.69 Å². The van der Waals surface area contributed by atoms with Crippen LogP contribution in [-0.2, 0) is 7.05 Å². The standard InChI is InChI=1S/C11H15N/c1-5-9(3)11-10(6-2)7-8-12(11)4/h6-8H,2-3,5H2,1,4H3. The Hall–Kier alpha value is -1.24. The summed E-state index contributed by atoms with van der Waals surface area (Å²) in [5, 5.41) is 0. The molecule has 1 heterocycles. The monoisotopic (exact) mass is 161 g/mol. The second-order valence-corrected chi connectivity index (χ2v) is 2.89. The van der Waals surface area contributed by atoms with Crippen LogP contribution in [0.25, 0.3) is 11.6 Å². The highest BCUT2D eigenvalue weighted by Crippen LogP contribution is 2.21. The van der Waals surface area contributed by atoms with Crippen LogP contribution < -0.4 is 0 Å². The second-order valence-electron chi connectivity index (χ2n) is 2.89. The molecule has 1 aromatic heterocycles. The fourth-order valence-corrected chi connectivity index (χ4v) is 1.33. The highest BCUT2D eigenvalue weighted by Gasteiger charge is 2.05. The molecule has 0 amide bonds. The molecule has 0 bridgehead atoms. The summed E-state index contributed by atoms with van der Waals surface area (Å²) in [6, 6.07) is 2.06. The van der Waals surface area contributed by atoms with Gasteiger partial charge in [-0.1, -0.05) is 26.2 Å². The van der Waals surface area contributed by atoms with Crippen molar-refractivity contribution in [3.05, 3.63) is 36.7 Å². The van der Waals surface area contributed by atoms with E-state index in [2.05, 4.69) is 30.7 Å².